The molecule has 17 nitrogen and oxygen atoms in total. The number of esters is 1. The highest BCUT2D eigenvalue weighted by Crippen LogP contribution is 2.48. The van der Waals surface area contributed by atoms with Crippen molar-refractivity contribution in [1.29, 1.82) is 0 Å². The van der Waals surface area contributed by atoms with Crippen molar-refractivity contribution in [1.82, 2.24) is 24.6 Å². The molecular formula is C22H27FN9O8P. The van der Waals surface area contributed by atoms with Crippen LogP contribution in [0.4, 0.5) is 10.3 Å². The molecule has 41 heavy (non-hydrogen) atoms. The topological polar surface area (TPSA) is 231 Å². The fourth-order valence-electron chi connectivity index (χ4n) is 4.17. The molecule has 0 saturated carbocycles. The van der Waals surface area contributed by atoms with Gasteiger partial charge >= 0.3 is 13.7 Å². The van der Waals surface area contributed by atoms with Crippen molar-refractivity contribution < 1.29 is 42.1 Å². The molecule has 4 rings (SSSR count). The number of imidazole rings is 1. The zero-order chi connectivity index (χ0) is 29.9. The summed E-state index contributed by atoms with van der Waals surface area (Å²) in [4.78, 5) is 27.2. The highest BCUT2D eigenvalue weighted by molar-refractivity contribution is 7.52. The van der Waals surface area contributed by atoms with Crippen LogP contribution in [0.2, 0.25) is 0 Å². The number of carbonyl (C=O) groups is 1. The van der Waals surface area contributed by atoms with E-state index in [-0.39, 0.29) is 28.7 Å². The van der Waals surface area contributed by atoms with Crippen LogP contribution in [0.15, 0.2) is 35.7 Å². The summed E-state index contributed by atoms with van der Waals surface area (Å²) in [6.45, 7) is 2.21. The number of fused-ring (bicyclic) bond motifs is 1. The molecule has 1 unspecified atom stereocenters. The highest BCUT2D eigenvalue weighted by Gasteiger charge is 2.55. The van der Waals surface area contributed by atoms with E-state index in [0.29, 0.717) is 0 Å². The molecule has 220 valence electrons. The number of nitrogens with zero attached hydrogens (tertiary/aromatic N) is 7. The molecule has 0 bridgehead atoms. The van der Waals surface area contributed by atoms with Crippen LogP contribution in [0, 0.1) is 5.82 Å². The SMILES string of the molecule is COC(=O)[C@H](C)NP(=O)(OC[C@H]1O[C@@H](n2cnc3c(OC)nc(N)nc32)[C@](C)(N=[N+]=[N-])[C@@H]1O)Oc1ccc(F)cc1. The van der Waals surface area contributed by atoms with Gasteiger partial charge in [0.1, 0.15) is 29.3 Å². The molecule has 0 radical (unpaired) electrons. The molecular weight excluding hydrogens is 568 g/mol. The minimum Gasteiger partial charge on any atom is -0.479 e. The third kappa shape index (κ3) is 6.02. The third-order valence-corrected chi connectivity index (χ3v) is 7.87. The highest BCUT2D eigenvalue weighted by atomic mass is 31.2. The van der Waals surface area contributed by atoms with Crippen molar-refractivity contribution in [3.63, 3.8) is 0 Å². The summed E-state index contributed by atoms with van der Waals surface area (Å²) in [7, 11) is -1.88. The number of nitrogens with two attached hydrogens (primary N) is 1. The van der Waals surface area contributed by atoms with E-state index >= 15 is 0 Å². The van der Waals surface area contributed by atoms with Crippen molar-refractivity contribution in [2.45, 2.75) is 43.9 Å². The van der Waals surface area contributed by atoms with Gasteiger partial charge in [0.05, 0.1) is 33.3 Å². The number of anilines is 1. The Kier molecular flexibility index (Phi) is 8.63. The average Bonchev–Trinajstić information content (AvgIpc) is 3.46. The number of aliphatic hydroxyl groups excluding tert-OH is 1. The summed E-state index contributed by atoms with van der Waals surface area (Å²) in [5, 5.41) is 17.4. The van der Waals surface area contributed by atoms with Crippen molar-refractivity contribution in [2.75, 3.05) is 26.6 Å². The Hall–Kier alpha value is -4.05. The molecule has 0 amide bonds. The molecule has 6 atom stereocenters. The standard InChI is InChI=1S/C22H27FN9O8P/c1-11(19(34)37-4)29-41(35,40-13-7-5-12(23)6-8-13)38-9-14-16(33)22(2,30-31-25)20(39-14)32-10-26-15-17(32)27-21(24)28-18(15)36-3/h5-8,10-11,14,16,20,33H,9H2,1-4H3,(H,29,35)(H2,24,27,28)/t11-,14+,16+,20+,22+,41?/m0/s1. The number of ether oxygens (including phenoxy) is 3. The first-order valence-corrected chi connectivity index (χ1v) is 13.5. The van der Waals surface area contributed by atoms with E-state index in [1.807, 2.05) is 0 Å². The molecule has 2 aromatic heterocycles. The summed E-state index contributed by atoms with van der Waals surface area (Å²) in [6.07, 6.45) is -2.66. The Bertz CT molecular complexity index is 1520. The lowest BCUT2D eigenvalue weighted by Gasteiger charge is -2.28. The fraction of sp³-hybridized carbons (Fsp3) is 0.455. The number of hydrogen-bond donors (Lipinski definition) is 3. The van der Waals surface area contributed by atoms with E-state index < -0.39 is 56.2 Å². The Morgan fingerprint density at radius 3 is 2.73 bits per heavy atom. The lowest BCUT2D eigenvalue weighted by atomic mass is 9.93. The summed E-state index contributed by atoms with van der Waals surface area (Å²) >= 11 is 0. The molecule has 1 aliphatic rings. The van der Waals surface area contributed by atoms with Crippen LogP contribution in [0.3, 0.4) is 0 Å². The van der Waals surface area contributed by atoms with Crippen LogP contribution in [-0.4, -0.2) is 75.2 Å². The van der Waals surface area contributed by atoms with Crippen molar-refractivity contribution in [3.8, 4) is 11.6 Å². The molecule has 19 heteroatoms. The smallest absolute Gasteiger partial charge is 0.459 e. The summed E-state index contributed by atoms with van der Waals surface area (Å²) < 4.78 is 55.4. The monoisotopic (exact) mass is 595 g/mol. The molecule has 1 aliphatic heterocycles. The van der Waals surface area contributed by atoms with Crippen LogP contribution in [0.25, 0.3) is 21.6 Å². The Morgan fingerprint density at radius 2 is 2.10 bits per heavy atom. The fourth-order valence-corrected chi connectivity index (χ4v) is 5.67. The van der Waals surface area contributed by atoms with Gasteiger partial charge in [-0.3, -0.25) is 13.9 Å². The van der Waals surface area contributed by atoms with Gasteiger partial charge in [0.2, 0.25) is 11.8 Å². The Balaban J connectivity index is 1.64. The second-order valence-electron chi connectivity index (χ2n) is 9.01. The van der Waals surface area contributed by atoms with E-state index in [4.69, 9.17) is 24.3 Å². The number of azide groups is 1. The first-order chi connectivity index (χ1) is 19.4. The predicted octanol–water partition coefficient (Wildman–Crippen LogP) is 2.24. The van der Waals surface area contributed by atoms with Gasteiger partial charge in [-0.1, -0.05) is 5.11 Å². The number of methoxy groups -OCH3 is 2. The zero-order valence-electron chi connectivity index (χ0n) is 22.2. The Morgan fingerprint density at radius 1 is 1.39 bits per heavy atom. The normalized spacial score (nSPS) is 24.3. The number of carbonyl (C=O) groups excluding carboxylic acids is 1. The number of halogens is 1. The van der Waals surface area contributed by atoms with E-state index in [0.717, 1.165) is 19.2 Å². The van der Waals surface area contributed by atoms with Gasteiger partial charge in [0, 0.05) is 4.91 Å². The maximum Gasteiger partial charge on any atom is 0.459 e. The Labute approximate surface area is 231 Å². The number of aliphatic hydroxyl groups is 1. The molecule has 1 saturated heterocycles. The number of nitrogens with one attached hydrogen (secondary N) is 1. The van der Waals surface area contributed by atoms with Gasteiger partial charge in [-0.25, -0.2) is 13.9 Å². The van der Waals surface area contributed by atoms with Crippen LogP contribution in [-0.2, 0) is 23.4 Å². The van der Waals surface area contributed by atoms with Gasteiger partial charge in [-0.15, -0.1) is 0 Å². The van der Waals surface area contributed by atoms with Crippen LogP contribution >= 0.6 is 7.75 Å². The van der Waals surface area contributed by atoms with E-state index in [1.165, 1.54) is 44.0 Å². The van der Waals surface area contributed by atoms with Crippen LogP contribution in [0.1, 0.15) is 20.1 Å². The second kappa shape index (κ2) is 11.8. The maximum absolute atomic E-state index is 13.7. The zero-order valence-corrected chi connectivity index (χ0v) is 23.1. The predicted molar refractivity (Wildman–Crippen MR) is 139 cm³/mol. The molecule has 1 aromatic carbocycles. The van der Waals surface area contributed by atoms with Crippen molar-refractivity contribution in [3.05, 3.63) is 46.9 Å². The van der Waals surface area contributed by atoms with Crippen molar-refractivity contribution >= 4 is 30.8 Å². The molecule has 1 fully saturated rings. The molecule has 4 N–H and O–H groups in total. The molecule has 0 aliphatic carbocycles. The largest absolute Gasteiger partial charge is 0.479 e. The lowest BCUT2D eigenvalue weighted by molar-refractivity contribution is -0.142. The van der Waals surface area contributed by atoms with Crippen molar-refractivity contribution in [2.24, 2.45) is 5.11 Å². The average molecular weight is 595 g/mol. The number of benzene rings is 1. The minimum atomic E-state index is -4.39. The minimum absolute atomic E-state index is 0.0416. The van der Waals surface area contributed by atoms with Gasteiger partial charge in [0.25, 0.3) is 0 Å². The summed E-state index contributed by atoms with van der Waals surface area (Å²) in [5.41, 5.74) is 13.8. The van der Waals surface area contributed by atoms with Gasteiger partial charge in [0.15, 0.2) is 17.4 Å². The quantitative estimate of drug-likeness (QED) is 0.0950. The first-order valence-electron chi connectivity index (χ1n) is 11.9. The molecule has 3 aromatic rings. The first kappa shape index (κ1) is 29.9. The molecule has 3 heterocycles. The second-order valence-corrected chi connectivity index (χ2v) is 10.7. The van der Waals surface area contributed by atoms with E-state index in [2.05, 4.69) is 34.8 Å². The molecule has 0 spiro atoms. The number of rotatable bonds is 11. The van der Waals surface area contributed by atoms with E-state index in [9.17, 15) is 24.4 Å². The number of aromatic nitrogens is 4. The van der Waals surface area contributed by atoms with E-state index in [1.54, 1.807) is 0 Å². The summed E-state index contributed by atoms with van der Waals surface area (Å²) in [6, 6.07) is 3.40. The van der Waals surface area contributed by atoms with Gasteiger partial charge in [-0.2, -0.15) is 15.1 Å². The number of nitrogen functional groups attached to an aromatic ring is 1. The number of hydrogen-bond acceptors (Lipinski definition) is 13. The maximum atomic E-state index is 13.7. The van der Waals surface area contributed by atoms with Crippen LogP contribution in [0.5, 0.6) is 11.6 Å². The van der Waals surface area contributed by atoms with Crippen LogP contribution < -0.4 is 20.1 Å². The third-order valence-electron chi connectivity index (χ3n) is 6.22. The summed E-state index contributed by atoms with van der Waals surface area (Å²) in [5.74, 6) is -1.43. The lowest BCUT2D eigenvalue weighted by Crippen LogP contribution is -2.43. The van der Waals surface area contributed by atoms with Gasteiger partial charge in [-0.05, 0) is 43.6 Å². The van der Waals surface area contributed by atoms with Gasteiger partial charge < -0.3 is 29.6 Å².